The maximum atomic E-state index is 12.0. The lowest BCUT2D eigenvalue weighted by Gasteiger charge is -2.19. The fourth-order valence-corrected chi connectivity index (χ4v) is 3.36. The zero-order valence-corrected chi connectivity index (χ0v) is 16.0. The van der Waals surface area contributed by atoms with Gasteiger partial charge in [0.15, 0.2) is 0 Å². The maximum absolute atomic E-state index is 12.0. The van der Waals surface area contributed by atoms with Crippen LogP contribution in [0.1, 0.15) is 46.0 Å². The molecule has 3 N–H and O–H groups in total. The van der Waals surface area contributed by atoms with E-state index in [4.69, 9.17) is 4.74 Å². The number of anilines is 1. The number of amides is 2. The zero-order valence-electron chi connectivity index (χ0n) is 16.0. The van der Waals surface area contributed by atoms with E-state index in [9.17, 15) is 9.59 Å². The summed E-state index contributed by atoms with van der Waals surface area (Å²) in [6.45, 7) is 7.76. The van der Waals surface area contributed by atoms with Crippen LogP contribution in [0, 0.1) is 0 Å². The summed E-state index contributed by atoms with van der Waals surface area (Å²) in [5.41, 5.74) is 0.590. The minimum Gasteiger partial charge on any atom is -0.494 e. The topological polar surface area (TPSA) is 71.9 Å². The number of nitrogens with one attached hydrogen (secondary N) is 3. The van der Waals surface area contributed by atoms with Crippen molar-refractivity contribution in [2.45, 2.75) is 52.0 Å². The molecule has 0 radical (unpaired) electrons. The molecule has 1 unspecified atom stereocenters. The van der Waals surface area contributed by atoms with Gasteiger partial charge in [-0.2, -0.15) is 0 Å². The Hall–Kier alpha value is -2.08. The number of unbranched alkanes of at least 4 members (excludes halogenated alkanes) is 2. The zero-order chi connectivity index (χ0) is 18.8. The molecule has 0 aliphatic carbocycles. The maximum Gasteiger partial charge on any atom is 0.313 e. The van der Waals surface area contributed by atoms with E-state index in [1.54, 1.807) is 24.3 Å². The molecular formula is C20H32N3O3+. The van der Waals surface area contributed by atoms with Crippen LogP contribution < -0.4 is 20.3 Å². The van der Waals surface area contributed by atoms with E-state index in [0.29, 0.717) is 24.9 Å². The van der Waals surface area contributed by atoms with E-state index in [2.05, 4.69) is 24.5 Å². The molecule has 1 aliphatic heterocycles. The Balaban J connectivity index is 1.73. The van der Waals surface area contributed by atoms with Gasteiger partial charge in [0.2, 0.25) is 0 Å². The molecule has 0 saturated carbocycles. The van der Waals surface area contributed by atoms with Crippen molar-refractivity contribution >= 4 is 17.5 Å². The molecule has 6 heteroatoms. The van der Waals surface area contributed by atoms with Crippen LogP contribution in [0.3, 0.4) is 0 Å². The first kappa shape index (κ1) is 20.2. The summed E-state index contributed by atoms with van der Waals surface area (Å²) in [5, 5.41) is 5.40. The molecule has 1 fully saturated rings. The Labute approximate surface area is 156 Å². The first-order valence-corrected chi connectivity index (χ1v) is 9.80. The van der Waals surface area contributed by atoms with Gasteiger partial charge in [0.25, 0.3) is 0 Å². The number of carbonyl (C=O) groups is 2. The first-order valence-electron chi connectivity index (χ1n) is 9.80. The number of hydrogen-bond donors (Lipinski definition) is 3. The second-order valence-electron chi connectivity index (χ2n) is 6.85. The number of likely N-dealkylation sites (N-methyl/N-ethyl adjacent to an activating group) is 1. The van der Waals surface area contributed by atoms with Crippen molar-refractivity contribution < 1.29 is 19.2 Å². The summed E-state index contributed by atoms with van der Waals surface area (Å²) in [6.07, 6.45) is 5.64. The highest BCUT2D eigenvalue weighted by Gasteiger charge is 2.28. The van der Waals surface area contributed by atoms with E-state index in [1.807, 2.05) is 0 Å². The number of ether oxygens (including phenoxy) is 1. The lowest BCUT2D eigenvalue weighted by atomic mass is 10.2. The van der Waals surface area contributed by atoms with E-state index in [1.165, 1.54) is 11.3 Å². The number of rotatable bonds is 9. The lowest BCUT2D eigenvalue weighted by molar-refractivity contribution is -0.909. The van der Waals surface area contributed by atoms with Crippen LogP contribution in [-0.4, -0.2) is 44.1 Å². The standard InChI is InChI=1S/C20H31N3O3/c1-3-5-6-14-26-18-11-9-16(10-12-18)22-20(25)19(24)21-15-17-8-7-13-23(17)4-2/h9-12,17H,3-8,13-15H2,1-2H3,(H,21,24)(H,22,25)/p+1/t17-/m1/s1. The molecule has 1 saturated heterocycles. The molecule has 1 aromatic carbocycles. The molecule has 2 amide bonds. The lowest BCUT2D eigenvalue weighted by Crippen LogP contribution is -3.14. The van der Waals surface area contributed by atoms with Gasteiger partial charge >= 0.3 is 11.8 Å². The van der Waals surface area contributed by atoms with Crippen LogP contribution in [0.5, 0.6) is 5.75 Å². The first-order chi connectivity index (χ1) is 12.6. The van der Waals surface area contributed by atoms with E-state index < -0.39 is 11.8 Å². The molecule has 26 heavy (non-hydrogen) atoms. The highest BCUT2D eigenvalue weighted by Crippen LogP contribution is 2.16. The van der Waals surface area contributed by atoms with E-state index in [0.717, 1.165) is 44.5 Å². The Bertz CT molecular complexity index is 574. The van der Waals surface area contributed by atoms with Gasteiger partial charge < -0.3 is 20.3 Å². The van der Waals surface area contributed by atoms with Gasteiger partial charge in [-0.25, -0.2) is 0 Å². The quantitative estimate of drug-likeness (QED) is 0.459. The molecular weight excluding hydrogens is 330 g/mol. The third-order valence-corrected chi connectivity index (χ3v) is 4.93. The number of quaternary nitrogens is 1. The SMILES string of the molecule is CCCCCOc1ccc(NC(=O)C(=O)NC[C@H]2CCC[NH+]2CC)cc1. The third kappa shape index (κ3) is 6.33. The molecule has 2 rings (SSSR count). The van der Waals surface area contributed by atoms with E-state index >= 15 is 0 Å². The summed E-state index contributed by atoms with van der Waals surface area (Å²) in [6, 6.07) is 7.53. The molecule has 1 aliphatic rings. The van der Waals surface area contributed by atoms with E-state index in [-0.39, 0.29) is 0 Å². The largest absolute Gasteiger partial charge is 0.494 e. The summed E-state index contributed by atoms with van der Waals surface area (Å²) >= 11 is 0. The predicted molar refractivity (Wildman–Crippen MR) is 102 cm³/mol. The van der Waals surface area contributed by atoms with Gasteiger partial charge in [-0.05, 0) is 37.6 Å². The number of carbonyl (C=O) groups excluding carboxylic acids is 2. The van der Waals surface area contributed by atoms with Crippen molar-refractivity contribution in [1.29, 1.82) is 0 Å². The Morgan fingerprint density at radius 3 is 2.62 bits per heavy atom. The minimum atomic E-state index is -0.627. The normalized spacial score (nSPS) is 19.2. The van der Waals surface area contributed by atoms with Crippen molar-refractivity contribution in [2.75, 3.05) is 31.6 Å². The third-order valence-electron chi connectivity index (χ3n) is 4.93. The minimum absolute atomic E-state index is 0.417. The highest BCUT2D eigenvalue weighted by atomic mass is 16.5. The van der Waals surface area contributed by atoms with Crippen LogP contribution in [-0.2, 0) is 9.59 Å². The summed E-state index contributed by atoms with van der Waals surface area (Å²) in [5.74, 6) is -0.433. The average Bonchev–Trinajstić information content (AvgIpc) is 3.12. The van der Waals surface area contributed by atoms with Crippen molar-refractivity contribution in [3.8, 4) is 5.75 Å². The van der Waals surface area contributed by atoms with Gasteiger partial charge in [-0.3, -0.25) is 9.59 Å². The predicted octanol–water partition coefficient (Wildman–Crippen LogP) is 1.38. The number of benzene rings is 1. The Morgan fingerprint density at radius 1 is 1.15 bits per heavy atom. The van der Waals surface area contributed by atoms with Gasteiger partial charge in [-0.15, -0.1) is 0 Å². The fourth-order valence-electron chi connectivity index (χ4n) is 3.36. The second kappa shape index (κ2) is 10.8. The smallest absolute Gasteiger partial charge is 0.313 e. The van der Waals surface area contributed by atoms with Gasteiger partial charge in [0.05, 0.1) is 26.2 Å². The van der Waals surface area contributed by atoms with Gasteiger partial charge in [0.1, 0.15) is 11.8 Å². The Morgan fingerprint density at radius 2 is 1.92 bits per heavy atom. The molecule has 144 valence electrons. The highest BCUT2D eigenvalue weighted by molar-refractivity contribution is 6.39. The average molecular weight is 362 g/mol. The molecule has 0 spiro atoms. The summed E-state index contributed by atoms with van der Waals surface area (Å²) < 4.78 is 5.64. The number of likely N-dealkylation sites (tertiary alicyclic amines) is 1. The van der Waals surface area contributed by atoms with Crippen LogP contribution in [0.15, 0.2) is 24.3 Å². The molecule has 1 aromatic rings. The van der Waals surface area contributed by atoms with Crippen molar-refractivity contribution in [3.63, 3.8) is 0 Å². The van der Waals surface area contributed by atoms with Crippen molar-refractivity contribution in [3.05, 3.63) is 24.3 Å². The Kier molecular flexibility index (Phi) is 8.41. The molecule has 6 nitrogen and oxygen atoms in total. The van der Waals surface area contributed by atoms with Crippen molar-refractivity contribution in [1.82, 2.24) is 5.32 Å². The van der Waals surface area contributed by atoms with Crippen LogP contribution in [0.4, 0.5) is 5.69 Å². The van der Waals surface area contributed by atoms with Crippen LogP contribution in [0.25, 0.3) is 0 Å². The van der Waals surface area contributed by atoms with Gasteiger partial charge in [0, 0.05) is 18.5 Å². The summed E-state index contributed by atoms with van der Waals surface area (Å²) in [7, 11) is 0. The monoisotopic (exact) mass is 362 g/mol. The second-order valence-corrected chi connectivity index (χ2v) is 6.85. The molecule has 0 aromatic heterocycles. The van der Waals surface area contributed by atoms with Crippen LogP contribution >= 0.6 is 0 Å². The summed E-state index contributed by atoms with van der Waals surface area (Å²) in [4.78, 5) is 25.5. The molecule has 2 atom stereocenters. The van der Waals surface area contributed by atoms with Gasteiger partial charge in [-0.1, -0.05) is 19.8 Å². The fraction of sp³-hybridized carbons (Fsp3) is 0.600. The molecule has 0 bridgehead atoms. The number of hydrogen-bond acceptors (Lipinski definition) is 3. The van der Waals surface area contributed by atoms with Crippen LogP contribution in [0.2, 0.25) is 0 Å². The van der Waals surface area contributed by atoms with Crippen molar-refractivity contribution in [2.24, 2.45) is 0 Å². The molecule has 1 heterocycles.